The molecule has 0 saturated heterocycles. The third-order valence-corrected chi connectivity index (χ3v) is 4.75. The zero-order valence-corrected chi connectivity index (χ0v) is 14.6. The molecular weight excluding hydrogens is 302 g/mol. The molecule has 118 valence electrons. The minimum Gasteiger partial charge on any atom is -0.431 e. The van der Waals surface area contributed by atoms with Crippen LogP contribution in [0.25, 0.3) is 22.6 Å². The van der Waals surface area contributed by atoms with Gasteiger partial charge in [-0.15, -0.1) is 0 Å². The SMILES string of the molecule is CC(C)(C)CSc1nc(-c2ccccc2)c(-c2ccccc2)o1. The Kier molecular flexibility index (Phi) is 4.58. The zero-order valence-electron chi connectivity index (χ0n) is 13.7. The summed E-state index contributed by atoms with van der Waals surface area (Å²) < 4.78 is 6.10. The second-order valence-corrected chi connectivity index (χ2v) is 7.67. The molecule has 0 bridgehead atoms. The minimum absolute atomic E-state index is 0.235. The molecule has 3 aromatic rings. The van der Waals surface area contributed by atoms with E-state index in [1.807, 2.05) is 36.4 Å². The lowest BCUT2D eigenvalue weighted by Gasteiger charge is -2.15. The van der Waals surface area contributed by atoms with Crippen LogP contribution in [0.3, 0.4) is 0 Å². The van der Waals surface area contributed by atoms with Gasteiger partial charge in [0.2, 0.25) is 0 Å². The first kappa shape index (κ1) is 15.9. The molecule has 0 saturated carbocycles. The third kappa shape index (κ3) is 4.05. The molecular formula is C20H21NOS. The Morgan fingerprint density at radius 3 is 2.00 bits per heavy atom. The summed E-state index contributed by atoms with van der Waals surface area (Å²) in [5.41, 5.74) is 3.28. The number of nitrogens with zero attached hydrogens (tertiary/aromatic N) is 1. The van der Waals surface area contributed by atoms with Gasteiger partial charge >= 0.3 is 0 Å². The van der Waals surface area contributed by atoms with Crippen molar-refractivity contribution < 1.29 is 4.42 Å². The first-order valence-electron chi connectivity index (χ1n) is 7.77. The fourth-order valence-corrected chi connectivity index (χ4v) is 3.07. The first-order chi connectivity index (χ1) is 11.0. The Bertz CT molecular complexity index is 700. The van der Waals surface area contributed by atoms with Gasteiger partial charge in [0, 0.05) is 16.9 Å². The van der Waals surface area contributed by atoms with Crippen molar-refractivity contribution in [2.45, 2.75) is 26.0 Å². The summed E-state index contributed by atoms with van der Waals surface area (Å²) in [5, 5.41) is 0.734. The summed E-state index contributed by atoms with van der Waals surface area (Å²) in [4.78, 5) is 4.76. The molecule has 0 unspecified atom stereocenters. The summed E-state index contributed by atoms with van der Waals surface area (Å²) in [6.07, 6.45) is 0. The van der Waals surface area contributed by atoms with Crippen LogP contribution in [-0.4, -0.2) is 10.7 Å². The van der Waals surface area contributed by atoms with E-state index < -0.39 is 0 Å². The quantitative estimate of drug-likeness (QED) is 0.539. The van der Waals surface area contributed by atoms with Gasteiger partial charge in [-0.3, -0.25) is 0 Å². The zero-order chi connectivity index (χ0) is 16.3. The number of oxazole rings is 1. The van der Waals surface area contributed by atoms with Gasteiger partial charge in [0.1, 0.15) is 5.69 Å². The van der Waals surface area contributed by atoms with Crippen molar-refractivity contribution >= 4 is 11.8 Å². The largest absolute Gasteiger partial charge is 0.431 e. The number of rotatable bonds is 4. The molecule has 3 rings (SSSR count). The van der Waals surface area contributed by atoms with E-state index in [4.69, 9.17) is 9.40 Å². The Balaban J connectivity index is 2.01. The maximum atomic E-state index is 6.10. The molecule has 1 heterocycles. The van der Waals surface area contributed by atoms with Gasteiger partial charge in [0.25, 0.3) is 5.22 Å². The highest BCUT2D eigenvalue weighted by Gasteiger charge is 2.19. The second kappa shape index (κ2) is 6.63. The number of thioether (sulfide) groups is 1. The maximum absolute atomic E-state index is 6.10. The van der Waals surface area contributed by atoms with Crippen molar-refractivity contribution in [3.8, 4) is 22.6 Å². The average Bonchev–Trinajstić information content (AvgIpc) is 2.98. The standard InChI is InChI=1S/C20H21NOS/c1-20(2,3)14-23-19-21-17(15-10-6-4-7-11-15)18(22-19)16-12-8-5-9-13-16/h4-13H,14H2,1-3H3. The number of aromatic nitrogens is 1. The fourth-order valence-electron chi connectivity index (χ4n) is 2.22. The van der Waals surface area contributed by atoms with Gasteiger partial charge in [-0.1, -0.05) is 93.2 Å². The Morgan fingerprint density at radius 1 is 0.870 bits per heavy atom. The summed E-state index contributed by atoms with van der Waals surface area (Å²) in [6.45, 7) is 6.66. The van der Waals surface area contributed by atoms with E-state index in [9.17, 15) is 0 Å². The fraction of sp³-hybridized carbons (Fsp3) is 0.250. The number of benzene rings is 2. The second-order valence-electron chi connectivity index (χ2n) is 6.74. The van der Waals surface area contributed by atoms with Crippen LogP contribution in [-0.2, 0) is 0 Å². The average molecular weight is 323 g/mol. The van der Waals surface area contributed by atoms with E-state index >= 15 is 0 Å². The molecule has 0 aliphatic heterocycles. The smallest absolute Gasteiger partial charge is 0.256 e. The van der Waals surface area contributed by atoms with Crippen LogP contribution in [0, 0.1) is 5.41 Å². The summed E-state index contributed by atoms with van der Waals surface area (Å²) in [6, 6.07) is 20.4. The van der Waals surface area contributed by atoms with Crippen molar-refractivity contribution in [3.05, 3.63) is 60.7 Å². The predicted molar refractivity (Wildman–Crippen MR) is 97.6 cm³/mol. The molecule has 0 radical (unpaired) electrons. The van der Waals surface area contributed by atoms with Crippen LogP contribution in [0.1, 0.15) is 20.8 Å². The van der Waals surface area contributed by atoms with E-state index in [1.165, 1.54) is 0 Å². The van der Waals surface area contributed by atoms with Gasteiger partial charge in [0.05, 0.1) is 0 Å². The summed E-state index contributed by atoms with van der Waals surface area (Å²) in [5.74, 6) is 1.81. The molecule has 0 atom stereocenters. The van der Waals surface area contributed by atoms with Crippen molar-refractivity contribution in [3.63, 3.8) is 0 Å². The monoisotopic (exact) mass is 323 g/mol. The lowest BCUT2D eigenvalue weighted by molar-refractivity contribution is 0.453. The highest BCUT2D eigenvalue weighted by molar-refractivity contribution is 7.99. The summed E-state index contributed by atoms with van der Waals surface area (Å²) in [7, 11) is 0. The third-order valence-electron chi connectivity index (χ3n) is 3.32. The first-order valence-corrected chi connectivity index (χ1v) is 8.76. The topological polar surface area (TPSA) is 26.0 Å². The molecule has 0 fully saturated rings. The predicted octanol–water partition coefficient (Wildman–Crippen LogP) is 6.15. The summed E-state index contributed by atoms with van der Waals surface area (Å²) >= 11 is 1.67. The Labute approximate surface area is 142 Å². The van der Waals surface area contributed by atoms with Crippen LogP contribution < -0.4 is 0 Å². The molecule has 2 nitrogen and oxygen atoms in total. The van der Waals surface area contributed by atoms with Gasteiger partial charge in [-0.2, -0.15) is 0 Å². The Morgan fingerprint density at radius 2 is 1.43 bits per heavy atom. The van der Waals surface area contributed by atoms with Crippen molar-refractivity contribution in [1.82, 2.24) is 4.98 Å². The lowest BCUT2D eigenvalue weighted by atomic mass is 10.0. The maximum Gasteiger partial charge on any atom is 0.256 e. The van der Waals surface area contributed by atoms with E-state index in [1.54, 1.807) is 11.8 Å². The lowest BCUT2D eigenvalue weighted by Crippen LogP contribution is -2.07. The van der Waals surface area contributed by atoms with Crippen molar-refractivity contribution in [2.75, 3.05) is 5.75 Å². The van der Waals surface area contributed by atoms with E-state index in [0.29, 0.717) is 0 Å². The molecule has 0 amide bonds. The van der Waals surface area contributed by atoms with Crippen LogP contribution >= 0.6 is 11.8 Å². The van der Waals surface area contributed by atoms with Crippen LogP contribution in [0.2, 0.25) is 0 Å². The highest BCUT2D eigenvalue weighted by atomic mass is 32.2. The van der Waals surface area contributed by atoms with Crippen LogP contribution in [0.5, 0.6) is 0 Å². The highest BCUT2D eigenvalue weighted by Crippen LogP contribution is 2.36. The van der Waals surface area contributed by atoms with Crippen molar-refractivity contribution in [2.24, 2.45) is 5.41 Å². The molecule has 0 aliphatic carbocycles. The molecule has 0 spiro atoms. The van der Waals surface area contributed by atoms with E-state index in [0.717, 1.165) is 33.6 Å². The molecule has 0 N–H and O–H groups in total. The van der Waals surface area contributed by atoms with Crippen LogP contribution in [0.4, 0.5) is 0 Å². The molecule has 3 heteroatoms. The van der Waals surface area contributed by atoms with Gasteiger partial charge in [-0.25, -0.2) is 4.98 Å². The molecule has 23 heavy (non-hydrogen) atoms. The van der Waals surface area contributed by atoms with E-state index in [-0.39, 0.29) is 5.41 Å². The Hall–Kier alpha value is -2.00. The number of hydrogen-bond acceptors (Lipinski definition) is 3. The number of hydrogen-bond donors (Lipinski definition) is 0. The normalized spacial score (nSPS) is 11.6. The van der Waals surface area contributed by atoms with E-state index in [2.05, 4.69) is 45.0 Å². The van der Waals surface area contributed by atoms with Crippen molar-refractivity contribution in [1.29, 1.82) is 0 Å². The van der Waals surface area contributed by atoms with Gasteiger partial charge in [-0.05, 0) is 5.41 Å². The minimum atomic E-state index is 0.235. The van der Waals surface area contributed by atoms with Gasteiger partial charge in [0.15, 0.2) is 5.76 Å². The molecule has 2 aromatic carbocycles. The molecule has 0 aliphatic rings. The van der Waals surface area contributed by atoms with Crippen LogP contribution in [0.15, 0.2) is 70.3 Å². The van der Waals surface area contributed by atoms with Gasteiger partial charge < -0.3 is 4.42 Å². The molecule has 1 aromatic heterocycles.